The molecule has 1 aliphatic rings. The molecule has 0 aromatic heterocycles. The van der Waals surface area contributed by atoms with Crippen LogP contribution in [-0.2, 0) is 16.0 Å². The summed E-state index contributed by atoms with van der Waals surface area (Å²) >= 11 is 0. The van der Waals surface area contributed by atoms with Gasteiger partial charge in [-0.25, -0.2) is 18.9 Å². The Morgan fingerprint density at radius 3 is 2.44 bits per heavy atom. The lowest BCUT2D eigenvalue weighted by atomic mass is 10.00. The molecule has 10 heteroatoms. The number of benzene rings is 3. The molecule has 0 spiro atoms. The van der Waals surface area contributed by atoms with Crippen molar-refractivity contribution in [2.75, 3.05) is 24.3 Å². The van der Waals surface area contributed by atoms with Gasteiger partial charge in [0.2, 0.25) is 0 Å². The van der Waals surface area contributed by atoms with E-state index in [1.807, 2.05) is 0 Å². The van der Waals surface area contributed by atoms with Gasteiger partial charge < -0.3 is 20.1 Å². The molecule has 1 saturated heterocycles. The van der Waals surface area contributed by atoms with Crippen molar-refractivity contribution in [2.24, 2.45) is 0 Å². The summed E-state index contributed by atoms with van der Waals surface area (Å²) < 4.78 is 38.9. The zero-order valence-corrected chi connectivity index (χ0v) is 21.6. The fourth-order valence-electron chi connectivity index (χ4n) is 4.48. The first kappa shape index (κ1) is 27.7. The van der Waals surface area contributed by atoms with Crippen molar-refractivity contribution in [1.29, 1.82) is 0 Å². The number of ether oxygens (including phenoxy) is 2. The third-order valence-electron chi connectivity index (χ3n) is 6.47. The Bertz CT molecular complexity index is 1350. The maximum atomic E-state index is 15.1. The van der Waals surface area contributed by atoms with Gasteiger partial charge in [0.1, 0.15) is 11.6 Å². The minimum Gasteiger partial charge on any atom is -0.465 e. The average Bonchev–Trinajstić information content (AvgIpc) is 3.42. The number of halogens is 2. The summed E-state index contributed by atoms with van der Waals surface area (Å²) in [7, 11) is 1.27. The molecule has 1 fully saturated rings. The molecule has 204 valence electrons. The Labute approximate surface area is 224 Å². The van der Waals surface area contributed by atoms with Gasteiger partial charge in [0.15, 0.2) is 5.78 Å². The summed E-state index contributed by atoms with van der Waals surface area (Å²) in [6.07, 6.45) is 1.25. The second-order valence-corrected chi connectivity index (χ2v) is 9.17. The smallest absolute Gasteiger partial charge is 0.337 e. The van der Waals surface area contributed by atoms with Crippen molar-refractivity contribution in [3.63, 3.8) is 0 Å². The lowest BCUT2D eigenvalue weighted by Gasteiger charge is -2.27. The minimum atomic E-state index is -1.83. The van der Waals surface area contributed by atoms with Crippen molar-refractivity contribution < 1.29 is 32.6 Å². The highest BCUT2D eigenvalue weighted by atomic mass is 19.2. The Morgan fingerprint density at radius 1 is 1.03 bits per heavy atom. The Balaban J connectivity index is 1.34. The van der Waals surface area contributed by atoms with E-state index >= 15 is 4.39 Å². The van der Waals surface area contributed by atoms with Crippen LogP contribution < -0.4 is 15.4 Å². The number of esters is 1. The molecule has 1 aliphatic heterocycles. The molecule has 0 radical (unpaired) electrons. The van der Waals surface area contributed by atoms with Crippen molar-refractivity contribution in [3.8, 4) is 5.75 Å². The maximum absolute atomic E-state index is 15.1. The zero-order valence-electron chi connectivity index (χ0n) is 21.6. The number of anilines is 2. The first-order valence-corrected chi connectivity index (χ1v) is 12.4. The van der Waals surface area contributed by atoms with Gasteiger partial charge >= 0.3 is 12.0 Å². The van der Waals surface area contributed by atoms with Crippen molar-refractivity contribution in [2.45, 2.75) is 38.7 Å². The standard InChI is InChI=1S/C29H29F2N3O5/c1-18-16-19(9-14-23(18)32-29(37)33-24-7-4-3-6-22(24)30)17-26(35)25-8-5-15-34(25)28(31)39-21-12-10-20(11-13-21)27(36)38-2/h3-4,6-7,9-14,16,25,28H,5,8,15,17H2,1-2H3,(H2,32,33,37)/t25-,28-/m0/s1. The van der Waals surface area contributed by atoms with E-state index in [9.17, 15) is 18.8 Å². The number of likely N-dealkylation sites (tertiary alicyclic amines) is 1. The van der Waals surface area contributed by atoms with E-state index in [-0.39, 0.29) is 23.6 Å². The van der Waals surface area contributed by atoms with Crippen LogP contribution in [0.3, 0.4) is 0 Å². The number of nitrogens with zero attached hydrogens (tertiary/aromatic N) is 1. The van der Waals surface area contributed by atoms with Gasteiger partial charge in [-0.15, -0.1) is 0 Å². The molecule has 8 nitrogen and oxygen atoms in total. The first-order chi connectivity index (χ1) is 18.7. The number of carbonyl (C=O) groups excluding carboxylic acids is 3. The largest absolute Gasteiger partial charge is 0.465 e. The molecule has 4 rings (SSSR count). The van der Waals surface area contributed by atoms with E-state index in [0.29, 0.717) is 30.6 Å². The summed E-state index contributed by atoms with van der Waals surface area (Å²) in [4.78, 5) is 38.4. The quantitative estimate of drug-likeness (QED) is 0.278. The number of hydrogen-bond acceptors (Lipinski definition) is 6. The number of hydrogen-bond donors (Lipinski definition) is 2. The molecule has 0 bridgehead atoms. The molecule has 2 amide bonds. The SMILES string of the molecule is COC(=O)c1ccc(O[C@@H](F)N2CCC[C@H]2C(=O)Cc2ccc(NC(=O)Nc3ccccc3F)c(C)c2)cc1. The second-order valence-electron chi connectivity index (χ2n) is 9.17. The van der Waals surface area contributed by atoms with E-state index in [1.54, 1.807) is 31.2 Å². The summed E-state index contributed by atoms with van der Waals surface area (Å²) in [6.45, 7) is 0.328. The molecule has 39 heavy (non-hydrogen) atoms. The van der Waals surface area contributed by atoms with Crippen molar-refractivity contribution >= 4 is 29.2 Å². The number of Topliss-reactive ketones (excluding diaryl/α,β-unsaturated/α-hetero) is 1. The molecule has 0 aliphatic carbocycles. The predicted molar refractivity (Wildman–Crippen MR) is 142 cm³/mol. The molecule has 3 aromatic rings. The number of nitrogens with one attached hydrogen (secondary N) is 2. The highest BCUT2D eigenvalue weighted by Crippen LogP contribution is 2.26. The molecule has 2 N–H and O–H groups in total. The first-order valence-electron chi connectivity index (χ1n) is 12.4. The third kappa shape index (κ3) is 6.97. The third-order valence-corrected chi connectivity index (χ3v) is 6.47. The summed E-state index contributed by atoms with van der Waals surface area (Å²) in [5.41, 5.74) is 2.33. The zero-order chi connectivity index (χ0) is 27.9. The lowest BCUT2D eigenvalue weighted by Crippen LogP contribution is -2.44. The van der Waals surface area contributed by atoms with Gasteiger partial charge in [-0.3, -0.25) is 4.79 Å². The highest BCUT2D eigenvalue weighted by molar-refractivity contribution is 6.00. The van der Waals surface area contributed by atoms with Gasteiger partial charge in [0.05, 0.1) is 24.4 Å². The fraction of sp³-hybridized carbons (Fsp3) is 0.276. The molecule has 2 atom stereocenters. The minimum absolute atomic E-state index is 0.0596. The molecule has 1 heterocycles. The van der Waals surface area contributed by atoms with Gasteiger partial charge in [-0.05, 0) is 73.4 Å². The fourth-order valence-corrected chi connectivity index (χ4v) is 4.48. The molecular weight excluding hydrogens is 508 g/mol. The van der Waals surface area contributed by atoms with Gasteiger partial charge in [0.25, 0.3) is 6.48 Å². The van der Waals surface area contributed by atoms with Gasteiger partial charge in [-0.1, -0.05) is 24.3 Å². The van der Waals surface area contributed by atoms with E-state index in [1.165, 1.54) is 54.5 Å². The predicted octanol–water partition coefficient (Wildman–Crippen LogP) is 5.47. The van der Waals surface area contributed by atoms with Crippen LogP contribution in [0.4, 0.5) is 25.0 Å². The maximum Gasteiger partial charge on any atom is 0.337 e. The molecular formula is C29H29F2N3O5. The summed E-state index contributed by atoms with van der Waals surface area (Å²) in [5.74, 6) is -0.965. The number of urea groups is 1. The van der Waals surface area contributed by atoms with Crippen molar-refractivity contribution in [3.05, 3.63) is 89.2 Å². The Kier molecular flexibility index (Phi) is 8.88. The van der Waals surface area contributed by atoms with Crippen molar-refractivity contribution in [1.82, 2.24) is 4.90 Å². The normalized spacial score (nSPS) is 15.8. The van der Waals surface area contributed by atoms with Gasteiger partial charge in [-0.2, -0.15) is 4.39 Å². The van der Waals surface area contributed by atoms with E-state index < -0.39 is 30.3 Å². The number of aryl methyl sites for hydroxylation is 1. The summed E-state index contributed by atoms with van der Waals surface area (Å²) in [6, 6.07) is 15.7. The summed E-state index contributed by atoms with van der Waals surface area (Å²) in [5, 5.41) is 5.14. The monoisotopic (exact) mass is 537 g/mol. The van der Waals surface area contributed by atoms with Crippen LogP contribution in [0.25, 0.3) is 0 Å². The van der Waals surface area contributed by atoms with Crippen LogP contribution in [0, 0.1) is 12.7 Å². The van der Waals surface area contributed by atoms with E-state index in [0.717, 1.165) is 11.1 Å². The second kappa shape index (κ2) is 12.5. The number of para-hydroxylation sites is 1. The number of methoxy groups -OCH3 is 1. The van der Waals surface area contributed by atoms with Crippen LogP contribution in [0.15, 0.2) is 66.7 Å². The number of ketones is 1. The van der Waals surface area contributed by atoms with Crippen LogP contribution in [0.5, 0.6) is 5.75 Å². The number of carbonyl (C=O) groups is 3. The number of amides is 2. The van der Waals surface area contributed by atoms with Crippen LogP contribution in [0.1, 0.15) is 34.3 Å². The molecule has 0 unspecified atom stereocenters. The Morgan fingerprint density at radius 2 is 1.74 bits per heavy atom. The lowest BCUT2D eigenvalue weighted by molar-refractivity contribution is -0.133. The van der Waals surface area contributed by atoms with E-state index in [4.69, 9.17) is 4.74 Å². The Hall–Kier alpha value is -4.31. The topological polar surface area (TPSA) is 97.0 Å². The van der Waals surface area contributed by atoms with Crippen LogP contribution in [-0.4, -0.2) is 48.9 Å². The van der Waals surface area contributed by atoms with Gasteiger partial charge in [0, 0.05) is 18.7 Å². The van der Waals surface area contributed by atoms with Crippen LogP contribution >= 0.6 is 0 Å². The van der Waals surface area contributed by atoms with Crippen LogP contribution in [0.2, 0.25) is 0 Å². The van der Waals surface area contributed by atoms with E-state index in [2.05, 4.69) is 15.4 Å². The number of alkyl halides is 1. The molecule has 0 saturated carbocycles. The average molecular weight is 538 g/mol. The number of rotatable bonds is 9. The highest BCUT2D eigenvalue weighted by Gasteiger charge is 2.36. The molecule has 3 aromatic carbocycles.